The third-order valence-corrected chi connectivity index (χ3v) is 4.91. The van der Waals surface area contributed by atoms with E-state index >= 15 is 0 Å². The summed E-state index contributed by atoms with van der Waals surface area (Å²) in [6.07, 6.45) is 2.50. The Labute approximate surface area is 141 Å². The summed E-state index contributed by atoms with van der Waals surface area (Å²) in [6.45, 7) is 4.00. The van der Waals surface area contributed by atoms with Crippen molar-refractivity contribution >= 4 is 29.4 Å². The zero-order chi connectivity index (χ0) is 17.0. The fraction of sp³-hybridized carbons (Fsp3) is 0.562. The molecule has 0 spiro atoms. The Balaban J connectivity index is 2.14. The summed E-state index contributed by atoms with van der Waals surface area (Å²) in [6, 6.07) is 3.17. The molecule has 23 heavy (non-hydrogen) atoms. The van der Waals surface area contributed by atoms with Gasteiger partial charge in [0, 0.05) is 37.7 Å². The van der Waals surface area contributed by atoms with Gasteiger partial charge in [0.25, 0.3) is 5.91 Å². The molecular weight excluding hydrogens is 312 g/mol. The number of anilines is 1. The van der Waals surface area contributed by atoms with Gasteiger partial charge in [-0.3, -0.25) is 9.59 Å². The molecule has 1 fully saturated rings. The van der Waals surface area contributed by atoms with Crippen LogP contribution in [0.1, 0.15) is 30.6 Å². The number of carbonyl (C=O) groups is 2. The molecule has 0 saturated carbocycles. The number of hydrogen-bond donors (Lipinski definition) is 1. The monoisotopic (exact) mass is 336 g/mol. The first-order valence-corrected chi connectivity index (χ1v) is 8.92. The van der Waals surface area contributed by atoms with Crippen LogP contribution in [0.5, 0.6) is 0 Å². The largest absolute Gasteiger partial charge is 0.363 e. The Morgan fingerprint density at radius 2 is 2.26 bits per heavy atom. The highest BCUT2D eigenvalue weighted by atomic mass is 32.2. The second-order valence-electron chi connectivity index (χ2n) is 5.91. The van der Waals surface area contributed by atoms with Crippen LogP contribution in [-0.2, 0) is 4.79 Å². The first-order valence-electron chi connectivity index (χ1n) is 7.76. The van der Waals surface area contributed by atoms with E-state index in [0.717, 1.165) is 12.2 Å². The highest BCUT2D eigenvalue weighted by molar-refractivity contribution is 7.99. The van der Waals surface area contributed by atoms with E-state index in [1.165, 1.54) is 0 Å². The lowest BCUT2D eigenvalue weighted by Crippen LogP contribution is -2.49. The van der Waals surface area contributed by atoms with Gasteiger partial charge in [0.05, 0.1) is 5.88 Å². The van der Waals surface area contributed by atoms with Crippen LogP contribution in [0.2, 0.25) is 0 Å². The van der Waals surface area contributed by atoms with Crippen LogP contribution in [0.15, 0.2) is 18.3 Å². The standard InChI is InChI=1S/C16H24N4O2S/c1-5-11(2)18-15(21)13-9-23-10-20(13)16(22)12-6-7-17-14(8-12)19(3)4/h6-8,11,13H,5,9-10H2,1-4H3,(H,18,21)/t11-,13+/m0/s1. The number of nitrogens with zero attached hydrogens (tertiary/aromatic N) is 3. The van der Waals surface area contributed by atoms with E-state index in [9.17, 15) is 9.59 Å². The average Bonchev–Trinajstić information content (AvgIpc) is 3.03. The smallest absolute Gasteiger partial charge is 0.255 e. The van der Waals surface area contributed by atoms with E-state index in [0.29, 0.717) is 17.2 Å². The maximum absolute atomic E-state index is 12.8. The van der Waals surface area contributed by atoms with Crippen molar-refractivity contribution in [2.24, 2.45) is 0 Å². The highest BCUT2D eigenvalue weighted by Crippen LogP contribution is 2.24. The lowest BCUT2D eigenvalue weighted by Gasteiger charge is -2.25. The van der Waals surface area contributed by atoms with E-state index in [1.54, 1.807) is 35.0 Å². The molecule has 7 heteroatoms. The SMILES string of the molecule is CC[C@H](C)NC(=O)[C@H]1CSCN1C(=O)c1ccnc(N(C)C)c1. The third kappa shape index (κ3) is 4.16. The lowest BCUT2D eigenvalue weighted by atomic mass is 10.1. The molecule has 2 atom stereocenters. The van der Waals surface area contributed by atoms with E-state index in [4.69, 9.17) is 0 Å². The molecule has 0 radical (unpaired) electrons. The summed E-state index contributed by atoms with van der Waals surface area (Å²) in [5.74, 6) is 1.71. The molecule has 1 aromatic rings. The summed E-state index contributed by atoms with van der Waals surface area (Å²) in [7, 11) is 3.76. The number of rotatable bonds is 5. The van der Waals surface area contributed by atoms with Gasteiger partial charge in [-0.25, -0.2) is 4.98 Å². The normalized spacial score (nSPS) is 18.6. The Kier molecular flexibility index (Phi) is 5.87. The summed E-state index contributed by atoms with van der Waals surface area (Å²) >= 11 is 1.61. The van der Waals surface area contributed by atoms with Gasteiger partial charge in [-0.05, 0) is 25.5 Å². The van der Waals surface area contributed by atoms with Crippen molar-refractivity contribution in [2.45, 2.75) is 32.4 Å². The Morgan fingerprint density at radius 1 is 1.52 bits per heavy atom. The minimum atomic E-state index is -0.405. The van der Waals surface area contributed by atoms with Gasteiger partial charge in [0.1, 0.15) is 11.9 Å². The predicted octanol–water partition coefficient (Wildman–Crippen LogP) is 1.58. The number of thioether (sulfide) groups is 1. The van der Waals surface area contributed by atoms with Crippen LogP contribution in [0.4, 0.5) is 5.82 Å². The molecule has 6 nitrogen and oxygen atoms in total. The molecule has 2 heterocycles. The van der Waals surface area contributed by atoms with Crippen molar-refractivity contribution in [2.75, 3.05) is 30.6 Å². The van der Waals surface area contributed by atoms with Crippen LogP contribution < -0.4 is 10.2 Å². The van der Waals surface area contributed by atoms with Crippen LogP contribution in [0.25, 0.3) is 0 Å². The number of nitrogens with one attached hydrogen (secondary N) is 1. The number of hydrogen-bond acceptors (Lipinski definition) is 5. The minimum absolute atomic E-state index is 0.0698. The van der Waals surface area contributed by atoms with Crippen molar-refractivity contribution in [3.63, 3.8) is 0 Å². The molecule has 1 saturated heterocycles. The van der Waals surface area contributed by atoms with Gasteiger partial charge in [-0.15, -0.1) is 11.8 Å². The second kappa shape index (κ2) is 7.68. The zero-order valence-corrected chi connectivity index (χ0v) is 14.9. The molecule has 0 unspecified atom stereocenters. The first kappa shape index (κ1) is 17.6. The van der Waals surface area contributed by atoms with Gasteiger partial charge < -0.3 is 15.1 Å². The number of pyridine rings is 1. The maximum Gasteiger partial charge on any atom is 0.255 e. The first-order chi connectivity index (χ1) is 10.9. The van der Waals surface area contributed by atoms with E-state index in [1.807, 2.05) is 32.8 Å². The molecule has 2 amide bonds. The topological polar surface area (TPSA) is 65.5 Å². The van der Waals surface area contributed by atoms with Crippen LogP contribution in [-0.4, -0.2) is 59.5 Å². The highest BCUT2D eigenvalue weighted by Gasteiger charge is 2.35. The Morgan fingerprint density at radius 3 is 2.91 bits per heavy atom. The zero-order valence-electron chi connectivity index (χ0n) is 14.1. The van der Waals surface area contributed by atoms with Crippen LogP contribution in [0, 0.1) is 0 Å². The van der Waals surface area contributed by atoms with Gasteiger partial charge in [0.15, 0.2) is 0 Å². The van der Waals surface area contributed by atoms with Crippen molar-refractivity contribution in [3.05, 3.63) is 23.9 Å². The molecule has 1 N–H and O–H groups in total. The Hall–Kier alpha value is -1.76. The summed E-state index contributed by atoms with van der Waals surface area (Å²) < 4.78 is 0. The summed E-state index contributed by atoms with van der Waals surface area (Å²) in [4.78, 5) is 32.9. The lowest BCUT2D eigenvalue weighted by molar-refractivity contribution is -0.125. The number of aromatic nitrogens is 1. The molecular formula is C16H24N4O2S. The summed E-state index contributed by atoms with van der Waals surface area (Å²) in [5, 5.41) is 2.97. The second-order valence-corrected chi connectivity index (χ2v) is 6.91. The van der Waals surface area contributed by atoms with Crippen LogP contribution in [0.3, 0.4) is 0 Å². The molecule has 0 bridgehead atoms. The van der Waals surface area contributed by atoms with Gasteiger partial charge in [0.2, 0.25) is 5.91 Å². The van der Waals surface area contributed by atoms with Crippen molar-refractivity contribution in [1.82, 2.24) is 15.2 Å². The van der Waals surface area contributed by atoms with Crippen molar-refractivity contribution in [1.29, 1.82) is 0 Å². The van der Waals surface area contributed by atoms with E-state index in [2.05, 4.69) is 10.3 Å². The molecule has 2 rings (SSSR count). The van der Waals surface area contributed by atoms with Gasteiger partial charge >= 0.3 is 0 Å². The molecule has 1 aromatic heterocycles. The molecule has 0 aliphatic carbocycles. The maximum atomic E-state index is 12.8. The van der Waals surface area contributed by atoms with E-state index < -0.39 is 6.04 Å². The average molecular weight is 336 g/mol. The number of carbonyl (C=O) groups excluding carboxylic acids is 2. The fourth-order valence-corrected chi connectivity index (χ4v) is 3.42. The molecule has 1 aliphatic heterocycles. The fourth-order valence-electron chi connectivity index (χ4n) is 2.26. The number of amides is 2. The van der Waals surface area contributed by atoms with E-state index in [-0.39, 0.29) is 17.9 Å². The van der Waals surface area contributed by atoms with Crippen LogP contribution >= 0.6 is 11.8 Å². The Bertz CT molecular complexity index is 579. The summed E-state index contributed by atoms with van der Waals surface area (Å²) in [5.41, 5.74) is 0.563. The van der Waals surface area contributed by atoms with Gasteiger partial charge in [-0.2, -0.15) is 0 Å². The molecule has 0 aromatic carbocycles. The van der Waals surface area contributed by atoms with Crippen molar-refractivity contribution in [3.8, 4) is 0 Å². The minimum Gasteiger partial charge on any atom is -0.363 e. The van der Waals surface area contributed by atoms with Gasteiger partial charge in [-0.1, -0.05) is 6.92 Å². The third-order valence-electron chi connectivity index (χ3n) is 3.90. The predicted molar refractivity (Wildman–Crippen MR) is 93.7 cm³/mol. The van der Waals surface area contributed by atoms with Crippen molar-refractivity contribution < 1.29 is 9.59 Å². The molecule has 126 valence electrons. The quantitative estimate of drug-likeness (QED) is 0.884. The molecule has 1 aliphatic rings.